The Hall–Kier alpha value is -4.93. The molecule has 0 bridgehead atoms. The standard InChI is InChI=1S/C23H20N6O5/c1-33-15-10-11-18(19(12-15)34-2)26-21-20(29(31)32)22(25-13-24-21)27-28-23(30)17-9-5-7-14-6-3-4-8-16(14)17/h3-13H,1-2H3,(H,28,30)(H2,24,25,26,27). The molecule has 0 atom stereocenters. The van der Waals surface area contributed by atoms with Crippen molar-refractivity contribution in [2.75, 3.05) is 25.0 Å². The van der Waals surface area contributed by atoms with Gasteiger partial charge < -0.3 is 14.8 Å². The van der Waals surface area contributed by atoms with Gasteiger partial charge in [0.05, 0.1) is 24.8 Å². The second kappa shape index (κ2) is 9.69. The highest BCUT2D eigenvalue weighted by molar-refractivity contribution is 6.07. The highest BCUT2D eigenvalue weighted by Crippen LogP contribution is 2.35. The maximum atomic E-state index is 12.8. The Labute approximate surface area is 193 Å². The molecule has 172 valence electrons. The van der Waals surface area contributed by atoms with Crippen LogP contribution in [-0.2, 0) is 0 Å². The molecule has 4 aromatic rings. The highest BCUT2D eigenvalue weighted by atomic mass is 16.6. The van der Waals surface area contributed by atoms with E-state index in [0.717, 1.165) is 17.1 Å². The van der Waals surface area contributed by atoms with Crippen molar-refractivity contribution in [2.24, 2.45) is 0 Å². The molecule has 1 heterocycles. The average molecular weight is 460 g/mol. The number of methoxy groups -OCH3 is 2. The van der Waals surface area contributed by atoms with E-state index in [-0.39, 0.29) is 11.6 Å². The van der Waals surface area contributed by atoms with Gasteiger partial charge in [-0.25, -0.2) is 9.97 Å². The van der Waals surface area contributed by atoms with Crippen molar-refractivity contribution in [3.63, 3.8) is 0 Å². The second-order valence-electron chi connectivity index (χ2n) is 6.97. The fourth-order valence-corrected chi connectivity index (χ4v) is 3.37. The maximum absolute atomic E-state index is 12.8. The summed E-state index contributed by atoms with van der Waals surface area (Å²) in [6, 6.07) is 17.7. The fraction of sp³-hybridized carbons (Fsp3) is 0.0870. The third kappa shape index (κ3) is 4.48. The van der Waals surface area contributed by atoms with Crippen LogP contribution in [0.3, 0.4) is 0 Å². The largest absolute Gasteiger partial charge is 0.497 e. The number of nitro groups is 1. The number of amides is 1. The van der Waals surface area contributed by atoms with Crippen LogP contribution < -0.4 is 25.6 Å². The number of hydrogen-bond acceptors (Lipinski definition) is 9. The van der Waals surface area contributed by atoms with Gasteiger partial charge in [-0.2, -0.15) is 0 Å². The molecule has 0 aliphatic carbocycles. The average Bonchev–Trinajstić information content (AvgIpc) is 2.87. The van der Waals surface area contributed by atoms with Gasteiger partial charge in [0, 0.05) is 11.6 Å². The Morgan fingerprint density at radius 2 is 1.74 bits per heavy atom. The predicted octanol–water partition coefficient (Wildman–Crippen LogP) is 4.06. The topological polar surface area (TPSA) is 141 Å². The molecule has 0 saturated heterocycles. The van der Waals surface area contributed by atoms with E-state index >= 15 is 0 Å². The molecule has 1 aromatic heterocycles. The zero-order chi connectivity index (χ0) is 24.1. The Balaban J connectivity index is 1.60. The molecule has 3 aromatic carbocycles. The zero-order valence-electron chi connectivity index (χ0n) is 18.2. The number of rotatable bonds is 8. The quantitative estimate of drug-likeness (QED) is 0.262. The van der Waals surface area contributed by atoms with E-state index in [1.165, 1.54) is 14.2 Å². The lowest BCUT2D eigenvalue weighted by Crippen LogP contribution is -2.30. The molecular weight excluding hydrogens is 440 g/mol. The summed E-state index contributed by atoms with van der Waals surface area (Å²) in [6.45, 7) is 0. The van der Waals surface area contributed by atoms with Gasteiger partial charge >= 0.3 is 5.69 Å². The Kier molecular flexibility index (Phi) is 6.35. The maximum Gasteiger partial charge on any atom is 0.355 e. The number of benzene rings is 3. The van der Waals surface area contributed by atoms with Crippen molar-refractivity contribution in [3.8, 4) is 11.5 Å². The number of ether oxygens (including phenoxy) is 2. The van der Waals surface area contributed by atoms with E-state index in [9.17, 15) is 14.9 Å². The number of carbonyl (C=O) groups is 1. The monoisotopic (exact) mass is 460 g/mol. The van der Waals surface area contributed by atoms with Crippen molar-refractivity contribution in [1.29, 1.82) is 0 Å². The van der Waals surface area contributed by atoms with Gasteiger partial charge in [0.25, 0.3) is 5.91 Å². The minimum Gasteiger partial charge on any atom is -0.497 e. The molecule has 34 heavy (non-hydrogen) atoms. The van der Waals surface area contributed by atoms with Crippen LogP contribution in [0.4, 0.5) is 23.0 Å². The number of aromatic nitrogens is 2. The number of hydrogen-bond donors (Lipinski definition) is 3. The van der Waals surface area contributed by atoms with Crippen LogP contribution in [0.2, 0.25) is 0 Å². The van der Waals surface area contributed by atoms with Crippen LogP contribution in [0.1, 0.15) is 10.4 Å². The third-order valence-electron chi connectivity index (χ3n) is 5.00. The van der Waals surface area contributed by atoms with Crippen LogP contribution in [0.5, 0.6) is 11.5 Å². The molecule has 0 aliphatic heterocycles. The Bertz CT molecular complexity index is 1370. The number of hydrazine groups is 1. The van der Waals surface area contributed by atoms with E-state index in [1.807, 2.05) is 30.3 Å². The minimum atomic E-state index is -0.648. The Morgan fingerprint density at radius 3 is 2.50 bits per heavy atom. The molecule has 4 rings (SSSR count). The van der Waals surface area contributed by atoms with Gasteiger partial charge in [0.15, 0.2) is 0 Å². The van der Waals surface area contributed by atoms with E-state index in [4.69, 9.17) is 9.47 Å². The van der Waals surface area contributed by atoms with E-state index < -0.39 is 16.5 Å². The molecule has 0 unspecified atom stereocenters. The lowest BCUT2D eigenvalue weighted by atomic mass is 10.0. The summed E-state index contributed by atoms with van der Waals surface area (Å²) >= 11 is 0. The fourth-order valence-electron chi connectivity index (χ4n) is 3.37. The molecule has 0 fully saturated rings. The van der Waals surface area contributed by atoms with Gasteiger partial charge in [-0.05, 0) is 29.0 Å². The van der Waals surface area contributed by atoms with Crippen LogP contribution in [0.25, 0.3) is 10.8 Å². The number of carbonyl (C=O) groups excluding carboxylic acids is 1. The van der Waals surface area contributed by atoms with Crippen molar-refractivity contribution in [1.82, 2.24) is 15.4 Å². The van der Waals surface area contributed by atoms with Crippen molar-refractivity contribution in [2.45, 2.75) is 0 Å². The SMILES string of the molecule is COc1ccc(Nc2ncnc(NNC(=O)c3cccc4ccccc34)c2[N+](=O)[O-])c(OC)c1. The predicted molar refractivity (Wildman–Crippen MR) is 127 cm³/mol. The van der Waals surface area contributed by atoms with Crippen molar-refractivity contribution < 1.29 is 19.2 Å². The molecule has 0 saturated carbocycles. The Morgan fingerprint density at radius 1 is 0.971 bits per heavy atom. The summed E-state index contributed by atoms with van der Waals surface area (Å²) in [5, 5.41) is 16.4. The summed E-state index contributed by atoms with van der Waals surface area (Å²) in [7, 11) is 2.98. The summed E-state index contributed by atoms with van der Waals surface area (Å²) in [5.74, 6) is 0.189. The van der Waals surface area contributed by atoms with Crippen molar-refractivity contribution >= 4 is 39.7 Å². The lowest BCUT2D eigenvalue weighted by molar-refractivity contribution is -0.383. The summed E-state index contributed by atoms with van der Waals surface area (Å²) in [5.41, 5.74) is 5.40. The van der Waals surface area contributed by atoms with Crippen LogP contribution in [-0.4, -0.2) is 35.0 Å². The first-order valence-corrected chi connectivity index (χ1v) is 10.0. The molecule has 1 amide bonds. The zero-order valence-corrected chi connectivity index (χ0v) is 18.2. The number of anilines is 3. The van der Waals surface area contributed by atoms with Gasteiger partial charge in [0.1, 0.15) is 17.8 Å². The molecular formula is C23H20N6O5. The van der Waals surface area contributed by atoms with Crippen LogP contribution in [0, 0.1) is 10.1 Å². The summed E-state index contributed by atoms with van der Waals surface area (Å²) in [4.78, 5) is 31.9. The molecule has 11 nitrogen and oxygen atoms in total. The van der Waals surface area contributed by atoms with E-state index in [0.29, 0.717) is 22.7 Å². The van der Waals surface area contributed by atoms with Crippen molar-refractivity contribution in [3.05, 3.63) is 82.7 Å². The van der Waals surface area contributed by atoms with Gasteiger partial charge in [0.2, 0.25) is 11.6 Å². The first-order chi connectivity index (χ1) is 16.5. The van der Waals surface area contributed by atoms with Crippen LogP contribution >= 0.6 is 0 Å². The van der Waals surface area contributed by atoms with Gasteiger partial charge in [-0.1, -0.05) is 36.4 Å². The van der Waals surface area contributed by atoms with Crippen LogP contribution in [0.15, 0.2) is 67.0 Å². The molecule has 0 radical (unpaired) electrons. The first-order valence-electron chi connectivity index (χ1n) is 10.0. The molecule has 11 heteroatoms. The van der Waals surface area contributed by atoms with E-state index in [1.54, 1.807) is 30.3 Å². The third-order valence-corrected chi connectivity index (χ3v) is 5.00. The number of nitrogens with one attached hydrogen (secondary N) is 3. The highest BCUT2D eigenvalue weighted by Gasteiger charge is 2.24. The smallest absolute Gasteiger partial charge is 0.355 e. The molecule has 0 aliphatic rings. The number of fused-ring (bicyclic) bond motifs is 1. The van der Waals surface area contributed by atoms with Gasteiger partial charge in [-0.15, -0.1) is 0 Å². The van der Waals surface area contributed by atoms with Gasteiger partial charge in [-0.3, -0.25) is 25.8 Å². The minimum absolute atomic E-state index is 0.0922. The molecule has 3 N–H and O–H groups in total. The normalized spacial score (nSPS) is 10.4. The van der Waals surface area contributed by atoms with E-state index in [2.05, 4.69) is 26.1 Å². The molecule has 0 spiro atoms. The first kappa shape index (κ1) is 22.3. The summed E-state index contributed by atoms with van der Waals surface area (Å²) < 4.78 is 10.5. The second-order valence-corrected chi connectivity index (χ2v) is 6.97. The number of nitrogens with zero attached hydrogens (tertiary/aromatic N) is 3. The lowest BCUT2D eigenvalue weighted by Gasteiger charge is -2.14. The summed E-state index contributed by atoms with van der Waals surface area (Å²) in [6.07, 6.45) is 1.14.